The van der Waals surface area contributed by atoms with Gasteiger partial charge in [0.05, 0.1) is 7.11 Å². The summed E-state index contributed by atoms with van der Waals surface area (Å²) >= 11 is 0. The van der Waals surface area contributed by atoms with Crippen LogP contribution in [0.5, 0.6) is 5.75 Å². The fraction of sp³-hybridized carbons (Fsp3) is 0.391. The SMILES string of the molecule is COc1cccc(C(=O)NC[C@@H]2CCCN2C(=O)C[C@H](N)Cc2ccccc2F)c1. The highest BCUT2D eigenvalue weighted by molar-refractivity contribution is 5.94. The Morgan fingerprint density at radius 1 is 1.27 bits per heavy atom. The van der Waals surface area contributed by atoms with Crippen LogP contribution in [0, 0.1) is 5.82 Å². The van der Waals surface area contributed by atoms with Crippen molar-refractivity contribution in [1.82, 2.24) is 10.2 Å². The standard InChI is InChI=1S/C23H28FN3O3/c1-30-20-9-4-7-17(13-20)23(29)26-15-19-8-5-11-27(19)22(28)14-18(25)12-16-6-2-3-10-21(16)24/h2-4,6-7,9-10,13,18-19H,5,8,11-12,14-15,25H2,1H3,(H,26,29)/t18-,19+/m1/s1. The molecule has 0 spiro atoms. The molecule has 160 valence electrons. The predicted octanol–water partition coefficient (Wildman–Crippen LogP) is 2.52. The van der Waals surface area contributed by atoms with Crippen LogP contribution >= 0.6 is 0 Å². The second-order valence-electron chi connectivity index (χ2n) is 7.58. The Bertz CT molecular complexity index is 890. The van der Waals surface area contributed by atoms with E-state index in [9.17, 15) is 14.0 Å². The molecule has 7 heteroatoms. The molecular weight excluding hydrogens is 385 g/mol. The molecule has 0 radical (unpaired) electrons. The maximum atomic E-state index is 13.8. The maximum absolute atomic E-state index is 13.8. The van der Waals surface area contributed by atoms with Gasteiger partial charge in [-0.15, -0.1) is 0 Å². The van der Waals surface area contributed by atoms with Crippen LogP contribution in [0.1, 0.15) is 35.2 Å². The maximum Gasteiger partial charge on any atom is 0.251 e. The highest BCUT2D eigenvalue weighted by Crippen LogP contribution is 2.19. The van der Waals surface area contributed by atoms with Crippen LogP contribution in [0.2, 0.25) is 0 Å². The van der Waals surface area contributed by atoms with Crippen LogP contribution in [0.15, 0.2) is 48.5 Å². The summed E-state index contributed by atoms with van der Waals surface area (Å²) in [5.41, 5.74) is 7.14. The Balaban J connectivity index is 1.52. The molecule has 0 bridgehead atoms. The van der Waals surface area contributed by atoms with Crippen molar-refractivity contribution in [2.24, 2.45) is 5.73 Å². The lowest BCUT2D eigenvalue weighted by Crippen LogP contribution is -2.45. The van der Waals surface area contributed by atoms with Crippen LogP contribution in [0.3, 0.4) is 0 Å². The summed E-state index contributed by atoms with van der Waals surface area (Å²) in [5.74, 6) is 0.0466. The zero-order valence-corrected chi connectivity index (χ0v) is 17.1. The Hall–Kier alpha value is -2.93. The molecule has 1 saturated heterocycles. The highest BCUT2D eigenvalue weighted by Gasteiger charge is 2.29. The monoisotopic (exact) mass is 413 g/mol. The van der Waals surface area contributed by atoms with E-state index in [1.807, 2.05) is 0 Å². The summed E-state index contributed by atoms with van der Waals surface area (Å²) in [5, 5.41) is 2.91. The molecule has 1 aliphatic rings. The van der Waals surface area contributed by atoms with E-state index in [1.165, 1.54) is 6.07 Å². The number of carbonyl (C=O) groups excluding carboxylic acids is 2. The van der Waals surface area contributed by atoms with E-state index in [2.05, 4.69) is 5.32 Å². The number of hydrogen-bond acceptors (Lipinski definition) is 4. The van der Waals surface area contributed by atoms with Gasteiger partial charge < -0.3 is 20.7 Å². The van der Waals surface area contributed by atoms with E-state index in [-0.39, 0.29) is 30.1 Å². The molecule has 6 nitrogen and oxygen atoms in total. The van der Waals surface area contributed by atoms with E-state index in [0.717, 1.165) is 12.8 Å². The van der Waals surface area contributed by atoms with E-state index in [4.69, 9.17) is 10.5 Å². The molecule has 2 aromatic carbocycles. The van der Waals surface area contributed by atoms with Crippen molar-refractivity contribution in [3.8, 4) is 5.75 Å². The van der Waals surface area contributed by atoms with Gasteiger partial charge in [-0.05, 0) is 49.1 Å². The number of methoxy groups -OCH3 is 1. The summed E-state index contributed by atoms with van der Waals surface area (Å²) in [4.78, 5) is 27.0. The van der Waals surface area contributed by atoms with Crippen LogP contribution < -0.4 is 15.8 Å². The molecule has 2 aromatic rings. The molecule has 1 heterocycles. The van der Waals surface area contributed by atoms with Crippen molar-refractivity contribution in [2.75, 3.05) is 20.2 Å². The van der Waals surface area contributed by atoms with Gasteiger partial charge in [-0.25, -0.2) is 4.39 Å². The van der Waals surface area contributed by atoms with Gasteiger partial charge >= 0.3 is 0 Å². The quantitative estimate of drug-likeness (QED) is 0.697. The number of nitrogens with zero attached hydrogens (tertiary/aromatic N) is 1. The normalized spacial score (nSPS) is 16.9. The lowest BCUT2D eigenvalue weighted by atomic mass is 10.0. The molecule has 0 saturated carbocycles. The molecule has 0 unspecified atom stereocenters. The fourth-order valence-electron chi connectivity index (χ4n) is 3.81. The van der Waals surface area contributed by atoms with Crippen LogP contribution in [-0.4, -0.2) is 49.0 Å². The first kappa shape index (κ1) is 21.8. The number of benzene rings is 2. The molecule has 3 rings (SSSR count). The number of amides is 2. The first-order valence-electron chi connectivity index (χ1n) is 10.2. The number of likely N-dealkylation sites (tertiary alicyclic amines) is 1. The second-order valence-corrected chi connectivity index (χ2v) is 7.58. The molecule has 0 aliphatic carbocycles. The highest BCUT2D eigenvalue weighted by atomic mass is 19.1. The second kappa shape index (κ2) is 10.2. The Labute approximate surface area is 176 Å². The number of nitrogens with two attached hydrogens (primary N) is 1. The third kappa shape index (κ3) is 5.57. The van der Waals surface area contributed by atoms with Gasteiger partial charge in [0.25, 0.3) is 5.91 Å². The minimum atomic E-state index is -0.456. The first-order chi connectivity index (χ1) is 14.5. The van der Waals surface area contributed by atoms with Gasteiger partial charge in [0.2, 0.25) is 5.91 Å². The summed E-state index contributed by atoms with van der Waals surface area (Å²) in [6, 6.07) is 12.9. The van der Waals surface area contributed by atoms with E-state index >= 15 is 0 Å². The van der Waals surface area contributed by atoms with Crippen molar-refractivity contribution in [1.29, 1.82) is 0 Å². The Morgan fingerprint density at radius 3 is 2.83 bits per heavy atom. The fourth-order valence-corrected chi connectivity index (χ4v) is 3.81. The van der Waals surface area contributed by atoms with Crippen LogP contribution in [-0.2, 0) is 11.2 Å². The van der Waals surface area contributed by atoms with E-state index < -0.39 is 6.04 Å². The molecular formula is C23H28FN3O3. The Morgan fingerprint density at radius 2 is 2.07 bits per heavy atom. The van der Waals surface area contributed by atoms with Crippen molar-refractivity contribution in [3.05, 3.63) is 65.5 Å². The summed E-state index contributed by atoms with van der Waals surface area (Å²) in [7, 11) is 1.55. The minimum Gasteiger partial charge on any atom is -0.497 e. The van der Waals surface area contributed by atoms with Crippen molar-refractivity contribution in [2.45, 2.75) is 37.8 Å². The van der Waals surface area contributed by atoms with Gasteiger partial charge in [-0.1, -0.05) is 24.3 Å². The molecule has 1 aliphatic heterocycles. The van der Waals surface area contributed by atoms with E-state index in [1.54, 1.807) is 54.5 Å². The van der Waals surface area contributed by atoms with E-state index in [0.29, 0.717) is 36.4 Å². The molecule has 1 fully saturated rings. The number of hydrogen-bond donors (Lipinski definition) is 2. The molecule has 0 aromatic heterocycles. The lowest BCUT2D eigenvalue weighted by molar-refractivity contribution is -0.132. The summed E-state index contributed by atoms with van der Waals surface area (Å²) < 4.78 is 19.0. The summed E-state index contributed by atoms with van der Waals surface area (Å²) in [6.07, 6.45) is 2.17. The van der Waals surface area contributed by atoms with Crippen molar-refractivity contribution >= 4 is 11.8 Å². The van der Waals surface area contributed by atoms with Gasteiger partial charge in [-0.2, -0.15) is 0 Å². The summed E-state index contributed by atoms with van der Waals surface area (Å²) in [6.45, 7) is 1.02. The molecule has 3 N–H and O–H groups in total. The third-order valence-corrected chi connectivity index (χ3v) is 5.40. The average Bonchev–Trinajstić information content (AvgIpc) is 3.22. The van der Waals surface area contributed by atoms with Crippen LogP contribution in [0.4, 0.5) is 4.39 Å². The van der Waals surface area contributed by atoms with Gasteiger partial charge in [0.15, 0.2) is 0 Å². The molecule has 2 atom stereocenters. The lowest BCUT2D eigenvalue weighted by Gasteiger charge is -2.26. The van der Waals surface area contributed by atoms with Crippen LogP contribution in [0.25, 0.3) is 0 Å². The third-order valence-electron chi connectivity index (χ3n) is 5.40. The minimum absolute atomic E-state index is 0.0584. The largest absolute Gasteiger partial charge is 0.497 e. The first-order valence-corrected chi connectivity index (χ1v) is 10.2. The van der Waals surface area contributed by atoms with Crippen molar-refractivity contribution in [3.63, 3.8) is 0 Å². The smallest absolute Gasteiger partial charge is 0.251 e. The zero-order valence-electron chi connectivity index (χ0n) is 17.1. The van der Waals surface area contributed by atoms with Crippen molar-refractivity contribution < 1.29 is 18.7 Å². The topological polar surface area (TPSA) is 84.7 Å². The van der Waals surface area contributed by atoms with Gasteiger partial charge in [0.1, 0.15) is 11.6 Å². The number of halogens is 1. The van der Waals surface area contributed by atoms with Gasteiger partial charge in [-0.3, -0.25) is 9.59 Å². The number of ether oxygens (including phenoxy) is 1. The number of nitrogens with one attached hydrogen (secondary N) is 1. The average molecular weight is 413 g/mol. The molecule has 2 amide bonds. The number of carbonyl (C=O) groups is 2. The Kier molecular flexibility index (Phi) is 7.41. The predicted molar refractivity (Wildman–Crippen MR) is 113 cm³/mol. The van der Waals surface area contributed by atoms with Gasteiger partial charge in [0, 0.05) is 37.2 Å². The number of rotatable bonds is 8. The zero-order chi connectivity index (χ0) is 21.5. The molecule has 30 heavy (non-hydrogen) atoms.